The van der Waals surface area contributed by atoms with Crippen LogP contribution in [0.5, 0.6) is 5.75 Å². The van der Waals surface area contributed by atoms with Crippen molar-refractivity contribution in [1.82, 2.24) is 4.90 Å². The lowest BCUT2D eigenvalue weighted by atomic mass is 10.1. The Kier molecular flexibility index (Phi) is 4.43. The van der Waals surface area contributed by atoms with Crippen molar-refractivity contribution in [1.29, 1.82) is 0 Å². The van der Waals surface area contributed by atoms with Gasteiger partial charge in [0.25, 0.3) is 0 Å². The molecule has 1 aromatic rings. The van der Waals surface area contributed by atoms with Crippen LogP contribution < -0.4 is 4.74 Å². The molecule has 0 N–H and O–H groups in total. The Labute approximate surface area is 114 Å². The third-order valence-corrected chi connectivity index (χ3v) is 3.29. The van der Waals surface area contributed by atoms with Crippen LogP contribution in [0.3, 0.4) is 0 Å². The average molecular weight is 263 g/mol. The highest BCUT2D eigenvalue weighted by atomic mass is 16.5. The van der Waals surface area contributed by atoms with Crippen molar-refractivity contribution >= 4 is 5.91 Å². The minimum atomic E-state index is 0.114. The van der Waals surface area contributed by atoms with Gasteiger partial charge in [0.05, 0.1) is 25.7 Å². The summed E-state index contributed by atoms with van der Waals surface area (Å²) in [7, 11) is 1.64. The molecular formula is C15H21NO3. The fourth-order valence-corrected chi connectivity index (χ4v) is 2.41. The molecule has 2 atom stereocenters. The number of nitrogens with zero attached hydrogens (tertiary/aromatic N) is 1. The Morgan fingerprint density at radius 1 is 1.26 bits per heavy atom. The zero-order valence-corrected chi connectivity index (χ0v) is 11.8. The number of amides is 1. The van der Waals surface area contributed by atoms with Gasteiger partial charge in [-0.05, 0) is 31.5 Å². The van der Waals surface area contributed by atoms with Gasteiger partial charge in [0.2, 0.25) is 5.91 Å². The first-order chi connectivity index (χ1) is 9.08. The molecule has 0 aliphatic carbocycles. The van der Waals surface area contributed by atoms with E-state index in [1.165, 1.54) is 0 Å². The average Bonchev–Trinajstić information content (AvgIpc) is 2.38. The number of hydrogen-bond acceptors (Lipinski definition) is 3. The molecule has 1 fully saturated rings. The maximum atomic E-state index is 12.3. The minimum Gasteiger partial charge on any atom is -0.497 e. The molecule has 1 amide bonds. The highest BCUT2D eigenvalue weighted by Gasteiger charge is 2.25. The van der Waals surface area contributed by atoms with Crippen molar-refractivity contribution in [3.63, 3.8) is 0 Å². The van der Waals surface area contributed by atoms with Crippen molar-refractivity contribution < 1.29 is 14.3 Å². The van der Waals surface area contributed by atoms with Gasteiger partial charge in [-0.25, -0.2) is 0 Å². The van der Waals surface area contributed by atoms with Gasteiger partial charge in [-0.3, -0.25) is 4.79 Å². The van der Waals surface area contributed by atoms with Crippen LogP contribution in [0.25, 0.3) is 0 Å². The zero-order chi connectivity index (χ0) is 13.8. The van der Waals surface area contributed by atoms with Crippen molar-refractivity contribution in [2.75, 3.05) is 20.2 Å². The van der Waals surface area contributed by atoms with Crippen LogP contribution in [0.1, 0.15) is 19.4 Å². The molecule has 4 heteroatoms. The van der Waals surface area contributed by atoms with Crippen LogP contribution in [0.15, 0.2) is 24.3 Å². The summed E-state index contributed by atoms with van der Waals surface area (Å²) in [5.41, 5.74) is 1.01. The molecule has 0 bridgehead atoms. The van der Waals surface area contributed by atoms with Crippen LogP contribution in [-0.4, -0.2) is 43.2 Å². The van der Waals surface area contributed by atoms with Crippen LogP contribution in [0.4, 0.5) is 0 Å². The Hall–Kier alpha value is -1.55. The quantitative estimate of drug-likeness (QED) is 0.835. The lowest BCUT2D eigenvalue weighted by Crippen LogP contribution is -2.48. The first-order valence-electron chi connectivity index (χ1n) is 6.64. The van der Waals surface area contributed by atoms with Gasteiger partial charge in [0.15, 0.2) is 0 Å². The van der Waals surface area contributed by atoms with E-state index in [4.69, 9.17) is 9.47 Å². The number of benzene rings is 1. The normalized spacial score (nSPS) is 23.2. The third kappa shape index (κ3) is 3.70. The number of methoxy groups -OCH3 is 1. The summed E-state index contributed by atoms with van der Waals surface area (Å²) in [6, 6.07) is 7.63. The summed E-state index contributed by atoms with van der Waals surface area (Å²) in [6.45, 7) is 5.37. The lowest BCUT2D eigenvalue weighted by Gasteiger charge is -2.35. The third-order valence-electron chi connectivity index (χ3n) is 3.29. The van der Waals surface area contributed by atoms with E-state index in [0.717, 1.165) is 11.3 Å². The number of carbonyl (C=O) groups is 1. The molecule has 1 saturated heterocycles. The first kappa shape index (κ1) is 13.9. The molecule has 1 heterocycles. The van der Waals surface area contributed by atoms with E-state index < -0.39 is 0 Å². The first-order valence-corrected chi connectivity index (χ1v) is 6.64. The van der Waals surface area contributed by atoms with E-state index in [2.05, 4.69) is 0 Å². The standard InChI is InChI=1S/C15H21NO3/c1-11-9-16(10-12(2)19-11)15(17)8-13-4-6-14(18-3)7-5-13/h4-7,11-12H,8-10H2,1-3H3/t11-,12-/m0/s1. The smallest absolute Gasteiger partial charge is 0.227 e. The molecule has 104 valence electrons. The zero-order valence-electron chi connectivity index (χ0n) is 11.8. The second kappa shape index (κ2) is 6.06. The summed E-state index contributed by atoms with van der Waals surface area (Å²) in [5.74, 6) is 0.969. The predicted octanol–water partition coefficient (Wildman–Crippen LogP) is 1.87. The van der Waals surface area contributed by atoms with E-state index in [1.807, 2.05) is 43.0 Å². The molecule has 4 nitrogen and oxygen atoms in total. The van der Waals surface area contributed by atoms with Gasteiger partial charge >= 0.3 is 0 Å². The van der Waals surface area contributed by atoms with E-state index in [0.29, 0.717) is 19.5 Å². The largest absolute Gasteiger partial charge is 0.497 e. The van der Waals surface area contributed by atoms with Gasteiger partial charge in [-0.15, -0.1) is 0 Å². The fraction of sp³-hybridized carbons (Fsp3) is 0.533. The highest BCUT2D eigenvalue weighted by Crippen LogP contribution is 2.15. The molecule has 1 aliphatic heterocycles. The topological polar surface area (TPSA) is 38.8 Å². The van der Waals surface area contributed by atoms with Crippen LogP contribution in [0.2, 0.25) is 0 Å². The second-order valence-electron chi connectivity index (χ2n) is 5.08. The number of carbonyl (C=O) groups excluding carboxylic acids is 1. The maximum Gasteiger partial charge on any atom is 0.227 e. The van der Waals surface area contributed by atoms with Gasteiger partial charge in [0.1, 0.15) is 5.75 Å². The predicted molar refractivity (Wildman–Crippen MR) is 73.3 cm³/mol. The van der Waals surface area contributed by atoms with Crippen molar-refractivity contribution in [2.45, 2.75) is 32.5 Å². The summed E-state index contributed by atoms with van der Waals surface area (Å²) in [4.78, 5) is 14.1. The summed E-state index contributed by atoms with van der Waals surface area (Å²) in [6.07, 6.45) is 0.663. The highest BCUT2D eigenvalue weighted by molar-refractivity contribution is 5.79. The van der Waals surface area contributed by atoms with Crippen molar-refractivity contribution in [3.05, 3.63) is 29.8 Å². The van der Waals surface area contributed by atoms with Gasteiger partial charge in [-0.1, -0.05) is 12.1 Å². The van der Waals surface area contributed by atoms with E-state index in [-0.39, 0.29) is 18.1 Å². The second-order valence-corrected chi connectivity index (χ2v) is 5.08. The van der Waals surface area contributed by atoms with Crippen molar-refractivity contribution in [2.24, 2.45) is 0 Å². The number of morpholine rings is 1. The lowest BCUT2D eigenvalue weighted by molar-refractivity contribution is -0.142. The molecule has 1 aromatic carbocycles. The molecule has 2 rings (SSSR count). The van der Waals surface area contributed by atoms with Crippen LogP contribution >= 0.6 is 0 Å². The minimum absolute atomic E-state index is 0.114. The Morgan fingerprint density at radius 3 is 2.37 bits per heavy atom. The van der Waals surface area contributed by atoms with Gasteiger partial charge in [-0.2, -0.15) is 0 Å². The van der Waals surface area contributed by atoms with Gasteiger partial charge in [0, 0.05) is 13.1 Å². The SMILES string of the molecule is COc1ccc(CC(=O)N2C[C@H](C)O[C@@H](C)C2)cc1. The van der Waals surface area contributed by atoms with Crippen LogP contribution in [-0.2, 0) is 16.0 Å². The molecule has 19 heavy (non-hydrogen) atoms. The van der Waals surface area contributed by atoms with Crippen molar-refractivity contribution in [3.8, 4) is 5.75 Å². The molecule has 0 radical (unpaired) electrons. The molecule has 0 unspecified atom stereocenters. The van der Waals surface area contributed by atoms with Crippen LogP contribution in [0, 0.1) is 0 Å². The Bertz CT molecular complexity index is 420. The van der Waals surface area contributed by atoms with Gasteiger partial charge < -0.3 is 14.4 Å². The molecule has 0 saturated carbocycles. The monoisotopic (exact) mass is 263 g/mol. The van der Waals surface area contributed by atoms with E-state index in [9.17, 15) is 4.79 Å². The number of hydrogen-bond donors (Lipinski definition) is 0. The Balaban J connectivity index is 1.96. The number of ether oxygens (including phenoxy) is 2. The van der Waals surface area contributed by atoms with E-state index in [1.54, 1.807) is 7.11 Å². The van der Waals surface area contributed by atoms with E-state index >= 15 is 0 Å². The molecular weight excluding hydrogens is 242 g/mol. The molecule has 0 spiro atoms. The molecule has 1 aliphatic rings. The summed E-state index contributed by atoms with van der Waals surface area (Å²) in [5, 5.41) is 0. The number of rotatable bonds is 3. The fourth-order valence-electron chi connectivity index (χ4n) is 2.41. The summed E-state index contributed by atoms with van der Waals surface area (Å²) < 4.78 is 10.7. The maximum absolute atomic E-state index is 12.3. The summed E-state index contributed by atoms with van der Waals surface area (Å²) >= 11 is 0. The molecule has 0 aromatic heterocycles. The Morgan fingerprint density at radius 2 is 1.84 bits per heavy atom.